The van der Waals surface area contributed by atoms with Gasteiger partial charge in [0.15, 0.2) is 0 Å². The fourth-order valence-electron chi connectivity index (χ4n) is 1.85. The monoisotopic (exact) mass is 319 g/mol. The summed E-state index contributed by atoms with van der Waals surface area (Å²) in [6.45, 7) is 0. The van der Waals surface area contributed by atoms with Crippen LogP contribution in [0.25, 0.3) is 0 Å². The van der Waals surface area contributed by atoms with E-state index in [1.54, 1.807) is 24.3 Å². The average molecular weight is 320 g/mol. The second kappa shape index (κ2) is 7.51. The SMILES string of the molecule is COC(=O)C[C@@H](NC(=O)c1cnccn1)c1ccc(Cl)cc1. The molecule has 1 N–H and O–H groups in total. The van der Waals surface area contributed by atoms with Gasteiger partial charge in [-0.1, -0.05) is 23.7 Å². The molecule has 1 amide bonds. The molecule has 0 aliphatic rings. The number of carbonyl (C=O) groups is 2. The van der Waals surface area contributed by atoms with Crippen molar-refractivity contribution in [3.05, 3.63) is 59.1 Å². The molecule has 22 heavy (non-hydrogen) atoms. The summed E-state index contributed by atoms with van der Waals surface area (Å²) in [5.41, 5.74) is 0.915. The Balaban J connectivity index is 2.19. The maximum Gasteiger partial charge on any atom is 0.307 e. The van der Waals surface area contributed by atoms with E-state index in [9.17, 15) is 9.59 Å². The van der Waals surface area contributed by atoms with Crippen molar-refractivity contribution in [1.29, 1.82) is 0 Å². The van der Waals surface area contributed by atoms with Gasteiger partial charge in [-0.2, -0.15) is 0 Å². The molecule has 0 saturated heterocycles. The molecule has 6 nitrogen and oxygen atoms in total. The largest absolute Gasteiger partial charge is 0.469 e. The minimum absolute atomic E-state index is 0.00410. The lowest BCUT2D eigenvalue weighted by Crippen LogP contribution is -2.31. The molecule has 0 bridgehead atoms. The van der Waals surface area contributed by atoms with E-state index in [0.717, 1.165) is 5.56 Å². The summed E-state index contributed by atoms with van der Waals surface area (Å²) in [5, 5.41) is 3.32. The second-order valence-electron chi connectivity index (χ2n) is 4.45. The van der Waals surface area contributed by atoms with Gasteiger partial charge in [0.25, 0.3) is 5.91 Å². The number of halogens is 1. The predicted molar refractivity (Wildman–Crippen MR) is 80.3 cm³/mol. The number of amides is 1. The van der Waals surface area contributed by atoms with E-state index in [4.69, 9.17) is 11.6 Å². The number of aromatic nitrogens is 2. The molecule has 7 heteroatoms. The number of carbonyl (C=O) groups excluding carboxylic acids is 2. The van der Waals surface area contributed by atoms with E-state index in [1.165, 1.54) is 25.7 Å². The first-order valence-electron chi connectivity index (χ1n) is 6.49. The van der Waals surface area contributed by atoms with Crippen LogP contribution in [0.1, 0.15) is 28.5 Å². The van der Waals surface area contributed by atoms with Crippen molar-refractivity contribution in [3.63, 3.8) is 0 Å². The van der Waals surface area contributed by atoms with Gasteiger partial charge in [-0.3, -0.25) is 14.6 Å². The van der Waals surface area contributed by atoms with Gasteiger partial charge in [-0.15, -0.1) is 0 Å². The molecule has 1 atom stereocenters. The zero-order chi connectivity index (χ0) is 15.9. The van der Waals surface area contributed by atoms with Gasteiger partial charge in [0.2, 0.25) is 0 Å². The van der Waals surface area contributed by atoms with Crippen LogP contribution in [0.2, 0.25) is 5.02 Å². The summed E-state index contributed by atoms with van der Waals surface area (Å²) < 4.78 is 4.67. The van der Waals surface area contributed by atoms with Crippen molar-refractivity contribution in [2.24, 2.45) is 0 Å². The van der Waals surface area contributed by atoms with E-state index < -0.39 is 17.9 Å². The average Bonchev–Trinajstić information content (AvgIpc) is 2.55. The van der Waals surface area contributed by atoms with Crippen LogP contribution >= 0.6 is 11.6 Å². The lowest BCUT2D eigenvalue weighted by molar-refractivity contribution is -0.141. The lowest BCUT2D eigenvalue weighted by Gasteiger charge is -2.18. The third-order valence-electron chi connectivity index (χ3n) is 2.97. The number of nitrogens with one attached hydrogen (secondary N) is 1. The zero-order valence-corrected chi connectivity index (χ0v) is 12.6. The Morgan fingerprint density at radius 3 is 2.59 bits per heavy atom. The standard InChI is InChI=1S/C15H14ClN3O3/c1-22-14(20)8-12(10-2-4-11(16)5-3-10)19-15(21)13-9-17-6-7-18-13/h2-7,9,12H,8H2,1H3,(H,19,21)/t12-/m1/s1. The molecule has 0 spiro atoms. The molecule has 0 aliphatic carbocycles. The van der Waals surface area contributed by atoms with Crippen LogP contribution in [0.4, 0.5) is 0 Å². The molecule has 0 saturated carbocycles. The molecular weight excluding hydrogens is 306 g/mol. The highest BCUT2D eigenvalue weighted by Crippen LogP contribution is 2.20. The molecule has 2 rings (SSSR count). The number of hydrogen-bond donors (Lipinski definition) is 1. The summed E-state index contributed by atoms with van der Waals surface area (Å²) in [4.78, 5) is 31.5. The first-order chi connectivity index (χ1) is 10.6. The number of hydrogen-bond acceptors (Lipinski definition) is 5. The third kappa shape index (κ3) is 4.26. The van der Waals surface area contributed by atoms with Crippen LogP contribution < -0.4 is 5.32 Å². The third-order valence-corrected chi connectivity index (χ3v) is 3.22. The smallest absolute Gasteiger partial charge is 0.307 e. The van der Waals surface area contributed by atoms with E-state index >= 15 is 0 Å². The van der Waals surface area contributed by atoms with Crippen LogP contribution in [0.5, 0.6) is 0 Å². The fourth-order valence-corrected chi connectivity index (χ4v) is 1.97. The molecule has 1 aromatic heterocycles. The van der Waals surface area contributed by atoms with Crippen molar-refractivity contribution in [3.8, 4) is 0 Å². The highest BCUT2D eigenvalue weighted by atomic mass is 35.5. The van der Waals surface area contributed by atoms with E-state index in [0.29, 0.717) is 5.02 Å². The Morgan fingerprint density at radius 2 is 2.00 bits per heavy atom. The summed E-state index contributed by atoms with van der Waals surface area (Å²) in [5.74, 6) is -0.851. The molecule has 1 aromatic carbocycles. The van der Waals surface area contributed by atoms with E-state index in [1.807, 2.05) is 0 Å². The number of benzene rings is 1. The predicted octanol–water partition coefficient (Wildman–Crippen LogP) is 2.16. The first kappa shape index (κ1) is 15.9. The highest BCUT2D eigenvalue weighted by Gasteiger charge is 2.20. The zero-order valence-electron chi connectivity index (χ0n) is 11.8. The molecule has 0 unspecified atom stereocenters. The Hall–Kier alpha value is -2.47. The lowest BCUT2D eigenvalue weighted by atomic mass is 10.0. The van der Waals surface area contributed by atoms with E-state index in [2.05, 4.69) is 20.0 Å². The van der Waals surface area contributed by atoms with Gasteiger partial charge in [0.1, 0.15) is 5.69 Å². The molecule has 2 aromatic rings. The molecule has 1 heterocycles. The van der Waals surface area contributed by atoms with Crippen molar-refractivity contribution in [2.45, 2.75) is 12.5 Å². The minimum Gasteiger partial charge on any atom is -0.469 e. The summed E-state index contributed by atoms with van der Waals surface area (Å²) in [7, 11) is 1.30. The molecule has 0 radical (unpaired) electrons. The molecular formula is C15H14ClN3O3. The highest BCUT2D eigenvalue weighted by molar-refractivity contribution is 6.30. The Bertz CT molecular complexity index is 647. The van der Waals surface area contributed by atoms with Crippen molar-refractivity contribution in [1.82, 2.24) is 15.3 Å². The summed E-state index contributed by atoms with van der Waals surface area (Å²) in [6, 6.07) is 6.32. The van der Waals surface area contributed by atoms with Crippen molar-refractivity contribution >= 4 is 23.5 Å². The van der Waals surface area contributed by atoms with Gasteiger partial charge >= 0.3 is 5.97 Å². The maximum atomic E-state index is 12.2. The van der Waals surface area contributed by atoms with E-state index in [-0.39, 0.29) is 12.1 Å². The van der Waals surface area contributed by atoms with Gasteiger partial charge in [0.05, 0.1) is 25.8 Å². The van der Waals surface area contributed by atoms with Crippen LogP contribution in [0.3, 0.4) is 0 Å². The number of methoxy groups -OCH3 is 1. The number of ether oxygens (including phenoxy) is 1. The minimum atomic E-state index is -0.542. The van der Waals surface area contributed by atoms with Crippen LogP contribution in [0.15, 0.2) is 42.9 Å². The Morgan fingerprint density at radius 1 is 1.27 bits per heavy atom. The summed E-state index contributed by atoms with van der Waals surface area (Å²) in [6.07, 6.45) is 4.25. The van der Waals surface area contributed by atoms with Gasteiger partial charge in [0, 0.05) is 17.4 Å². The second-order valence-corrected chi connectivity index (χ2v) is 4.88. The summed E-state index contributed by atoms with van der Waals surface area (Å²) >= 11 is 5.85. The van der Waals surface area contributed by atoms with Crippen LogP contribution in [-0.4, -0.2) is 29.0 Å². The topological polar surface area (TPSA) is 81.2 Å². The van der Waals surface area contributed by atoms with Gasteiger partial charge in [-0.05, 0) is 17.7 Å². The maximum absolute atomic E-state index is 12.2. The normalized spacial score (nSPS) is 11.5. The van der Waals surface area contributed by atoms with Gasteiger partial charge in [-0.25, -0.2) is 4.98 Å². The fraction of sp³-hybridized carbons (Fsp3) is 0.200. The van der Waals surface area contributed by atoms with Crippen molar-refractivity contribution < 1.29 is 14.3 Å². The number of rotatable bonds is 5. The first-order valence-corrected chi connectivity index (χ1v) is 6.87. The van der Waals surface area contributed by atoms with Crippen LogP contribution in [-0.2, 0) is 9.53 Å². The Kier molecular flexibility index (Phi) is 5.43. The molecule has 0 fully saturated rings. The quantitative estimate of drug-likeness (QED) is 0.854. The Labute approximate surface area is 132 Å². The molecule has 114 valence electrons. The number of nitrogens with zero attached hydrogens (tertiary/aromatic N) is 2. The molecule has 0 aliphatic heterocycles. The van der Waals surface area contributed by atoms with Gasteiger partial charge < -0.3 is 10.1 Å². The van der Waals surface area contributed by atoms with Crippen molar-refractivity contribution in [2.75, 3.05) is 7.11 Å². The van der Waals surface area contributed by atoms with Crippen LogP contribution in [0, 0.1) is 0 Å². The number of esters is 1.